The first kappa shape index (κ1) is 24.3. The number of ether oxygens (including phenoxy) is 2. The zero-order valence-electron chi connectivity index (χ0n) is 17.1. The van der Waals surface area contributed by atoms with Crippen molar-refractivity contribution >= 4 is 39.1 Å². The maximum atomic E-state index is 12.6. The summed E-state index contributed by atoms with van der Waals surface area (Å²) in [7, 11) is -0.578. The highest BCUT2D eigenvalue weighted by molar-refractivity contribution is 7.88. The Kier molecular flexibility index (Phi) is 8.37. The molecule has 30 heavy (non-hydrogen) atoms. The molecule has 2 rings (SSSR count). The zero-order chi connectivity index (χ0) is 22.5. The monoisotopic (exact) mass is 474 g/mol. The summed E-state index contributed by atoms with van der Waals surface area (Å²) in [4.78, 5) is 12.6. The molecule has 0 radical (unpaired) electrons. The predicted octanol–water partition coefficient (Wildman–Crippen LogP) is 3.65. The highest BCUT2D eigenvalue weighted by atomic mass is 35.5. The minimum absolute atomic E-state index is 0.00607. The van der Waals surface area contributed by atoms with E-state index in [1.807, 2.05) is 0 Å². The van der Waals surface area contributed by atoms with Gasteiger partial charge in [-0.1, -0.05) is 35.3 Å². The number of hydrogen-bond donors (Lipinski definition) is 1. The van der Waals surface area contributed by atoms with Gasteiger partial charge >= 0.3 is 0 Å². The predicted molar refractivity (Wildman–Crippen MR) is 118 cm³/mol. The van der Waals surface area contributed by atoms with Crippen LogP contribution < -0.4 is 14.8 Å². The molecule has 0 aliphatic heterocycles. The Hall–Kier alpha value is -2.00. The van der Waals surface area contributed by atoms with Gasteiger partial charge in [0.05, 0.1) is 43.1 Å². The maximum Gasteiger partial charge on any atom is 0.235 e. The highest BCUT2D eigenvalue weighted by Crippen LogP contribution is 2.30. The lowest BCUT2D eigenvalue weighted by Crippen LogP contribution is -2.40. The Balaban J connectivity index is 2.11. The van der Waals surface area contributed by atoms with E-state index in [0.29, 0.717) is 27.1 Å². The number of amides is 1. The minimum atomic E-state index is -3.64. The Morgan fingerprint density at radius 3 is 2.30 bits per heavy atom. The molecule has 1 atom stereocenters. The molecular weight excluding hydrogens is 451 g/mol. The van der Waals surface area contributed by atoms with E-state index in [0.717, 1.165) is 16.1 Å². The van der Waals surface area contributed by atoms with Crippen molar-refractivity contribution in [3.63, 3.8) is 0 Å². The third-order valence-corrected chi connectivity index (χ3v) is 6.35. The number of methoxy groups -OCH3 is 2. The molecule has 10 heteroatoms. The number of benzene rings is 2. The van der Waals surface area contributed by atoms with Crippen LogP contribution in [0.2, 0.25) is 10.0 Å². The summed E-state index contributed by atoms with van der Waals surface area (Å²) in [5, 5.41) is 3.49. The van der Waals surface area contributed by atoms with Crippen molar-refractivity contribution in [3.8, 4) is 11.5 Å². The number of hydrogen-bond acceptors (Lipinski definition) is 5. The number of rotatable bonds is 9. The molecule has 1 unspecified atom stereocenters. The molecular formula is C20H24Cl2N2O5S. The molecule has 1 N–H and O–H groups in total. The fraction of sp³-hybridized carbons (Fsp3) is 0.350. The first-order chi connectivity index (χ1) is 14.0. The van der Waals surface area contributed by atoms with Gasteiger partial charge in [-0.25, -0.2) is 8.42 Å². The molecule has 0 saturated carbocycles. The smallest absolute Gasteiger partial charge is 0.235 e. The van der Waals surface area contributed by atoms with Gasteiger partial charge in [0.1, 0.15) is 0 Å². The minimum Gasteiger partial charge on any atom is -0.493 e. The number of nitrogens with one attached hydrogen (secondary N) is 1. The van der Waals surface area contributed by atoms with Crippen LogP contribution in [0, 0.1) is 0 Å². The SMILES string of the molecule is COc1ccc(C(C)NC(=O)CN(Cc2ccc(Cl)c(Cl)c2)S(C)(=O)=O)cc1OC. The van der Waals surface area contributed by atoms with Gasteiger partial charge in [-0.05, 0) is 42.3 Å². The summed E-state index contributed by atoms with van der Waals surface area (Å²) in [6.45, 7) is 1.45. The number of halogens is 2. The summed E-state index contributed by atoms with van der Waals surface area (Å²) < 4.78 is 35.9. The molecule has 0 aliphatic rings. The maximum absolute atomic E-state index is 12.6. The van der Waals surface area contributed by atoms with Gasteiger partial charge in [0.25, 0.3) is 0 Å². The second kappa shape index (κ2) is 10.3. The first-order valence-electron chi connectivity index (χ1n) is 8.95. The van der Waals surface area contributed by atoms with Crippen molar-refractivity contribution < 1.29 is 22.7 Å². The third-order valence-electron chi connectivity index (χ3n) is 4.42. The molecule has 1 amide bonds. The van der Waals surface area contributed by atoms with E-state index in [4.69, 9.17) is 32.7 Å². The highest BCUT2D eigenvalue weighted by Gasteiger charge is 2.22. The van der Waals surface area contributed by atoms with Crippen LogP contribution >= 0.6 is 23.2 Å². The summed E-state index contributed by atoms with van der Waals surface area (Å²) in [5.74, 6) is 0.668. The summed E-state index contributed by atoms with van der Waals surface area (Å²) in [6.07, 6.45) is 1.05. The van der Waals surface area contributed by atoms with Crippen LogP contribution in [-0.4, -0.2) is 45.7 Å². The van der Waals surface area contributed by atoms with Gasteiger partial charge in [0.15, 0.2) is 11.5 Å². The molecule has 164 valence electrons. The van der Waals surface area contributed by atoms with Gasteiger partial charge in [0, 0.05) is 6.54 Å². The number of carbonyl (C=O) groups excluding carboxylic acids is 1. The molecule has 2 aromatic carbocycles. The van der Waals surface area contributed by atoms with Crippen molar-refractivity contribution in [2.75, 3.05) is 27.0 Å². The van der Waals surface area contributed by atoms with Crippen molar-refractivity contribution in [1.82, 2.24) is 9.62 Å². The van der Waals surface area contributed by atoms with Crippen LogP contribution in [0.4, 0.5) is 0 Å². The van der Waals surface area contributed by atoms with E-state index in [9.17, 15) is 13.2 Å². The second-order valence-electron chi connectivity index (χ2n) is 6.68. The first-order valence-corrected chi connectivity index (χ1v) is 11.6. The van der Waals surface area contributed by atoms with E-state index in [1.54, 1.807) is 43.3 Å². The molecule has 7 nitrogen and oxygen atoms in total. The second-order valence-corrected chi connectivity index (χ2v) is 9.48. The fourth-order valence-electron chi connectivity index (χ4n) is 2.78. The Labute approximate surface area is 186 Å². The van der Waals surface area contributed by atoms with E-state index >= 15 is 0 Å². The molecule has 2 aromatic rings. The third kappa shape index (κ3) is 6.50. The summed E-state index contributed by atoms with van der Waals surface area (Å²) in [5.41, 5.74) is 1.41. The van der Waals surface area contributed by atoms with Crippen molar-refractivity contribution in [1.29, 1.82) is 0 Å². The lowest BCUT2D eigenvalue weighted by Gasteiger charge is -2.22. The zero-order valence-corrected chi connectivity index (χ0v) is 19.4. The van der Waals surface area contributed by atoms with Crippen LogP contribution in [0.1, 0.15) is 24.1 Å². The van der Waals surface area contributed by atoms with E-state index in [-0.39, 0.29) is 19.1 Å². The number of carbonyl (C=O) groups is 1. The van der Waals surface area contributed by atoms with Gasteiger partial charge in [-0.3, -0.25) is 4.79 Å². The lowest BCUT2D eigenvalue weighted by atomic mass is 10.1. The molecule has 0 spiro atoms. The number of sulfonamides is 1. The van der Waals surface area contributed by atoms with Crippen LogP contribution in [0.25, 0.3) is 0 Å². The Morgan fingerprint density at radius 2 is 1.73 bits per heavy atom. The topological polar surface area (TPSA) is 84.9 Å². The molecule has 0 heterocycles. The molecule has 0 bridgehead atoms. The van der Waals surface area contributed by atoms with Crippen LogP contribution in [-0.2, 0) is 21.4 Å². The van der Waals surface area contributed by atoms with Crippen LogP contribution in [0.5, 0.6) is 11.5 Å². The fourth-order valence-corrected chi connectivity index (χ4v) is 3.84. The summed E-state index contributed by atoms with van der Waals surface area (Å²) >= 11 is 11.9. The molecule has 0 aromatic heterocycles. The van der Waals surface area contributed by atoms with Gasteiger partial charge in [-0.15, -0.1) is 0 Å². The average Bonchev–Trinajstić information content (AvgIpc) is 2.68. The van der Waals surface area contributed by atoms with Gasteiger partial charge in [-0.2, -0.15) is 4.31 Å². The van der Waals surface area contributed by atoms with Crippen molar-refractivity contribution in [2.24, 2.45) is 0 Å². The Bertz CT molecular complexity index is 1010. The average molecular weight is 475 g/mol. The standard InChI is InChI=1S/C20H24Cl2N2O5S/c1-13(15-6-8-18(28-2)19(10-15)29-3)23-20(25)12-24(30(4,26)27)11-14-5-7-16(21)17(22)9-14/h5-10,13H,11-12H2,1-4H3,(H,23,25). The normalized spacial score (nSPS) is 12.5. The van der Waals surface area contributed by atoms with E-state index in [1.165, 1.54) is 14.2 Å². The number of nitrogens with zero attached hydrogens (tertiary/aromatic N) is 1. The van der Waals surface area contributed by atoms with E-state index < -0.39 is 15.9 Å². The summed E-state index contributed by atoms with van der Waals surface area (Å²) in [6, 6.07) is 9.75. The molecule has 0 saturated heterocycles. The van der Waals surface area contributed by atoms with Gasteiger partial charge in [0.2, 0.25) is 15.9 Å². The van der Waals surface area contributed by atoms with Crippen molar-refractivity contribution in [2.45, 2.75) is 19.5 Å². The van der Waals surface area contributed by atoms with Crippen LogP contribution in [0.3, 0.4) is 0 Å². The Morgan fingerprint density at radius 1 is 1.07 bits per heavy atom. The van der Waals surface area contributed by atoms with Crippen LogP contribution in [0.15, 0.2) is 36.4 Å². The lowest BCUT2D eigenvalue weighted by molar-refractivity contribution is -0.122. The largest absolute Gasteiger partial charge is 0.493 e. The van der Waals surface area contributed by atoms with Gasteiger partial charge < -0.3 is 14.8 Å². The van der Waals surface area contributed by atoms with E-state index in [2.05, 4.69) is 5.32 Å². The molecule has 0 aliphatic carbocycles. The quantitative estimate of drug-likeness (QED) is 0.599. The van der Waals surface area contributed by atoms with Crippen molar-refractivity contribution in [3.05, 3.63) is 57.6 Å². The molecule has 0 fully saturated rings.